The monoisotopic (exact) mass is 333 g/mol. The van der Waals surface area contributed by atoms with E-state index in [0.29, 0.717) is 17.9 Å². The lowest BCUT2D eigenvalue weighted by Gasteiger charge is -2.35. The molecule has 116 valence electrons. The van der Waals surface area contributed by atoms with Crippen LogP contribution in [-0.4, -0.2) is 43.5 Å². The van der Waals surface area contributed by atoms with Gasteiger partial charge in [-0.05, 0) is 25.0 Å². The van der Waals surface area contributed by atoms with Gasteiger partial charge in [0.2, 0.25) is 10.0 Å². The van der Waals surface area contributed by atoms with Crippen LogP contribution in [0, 0.1) is 0 Å². The highest BCUT2D eigenvalue weighted by Crippen LogP contribution is 2.34. The van der Waals surface area contributed by atoms with E-state index in [4.69, 9.17) is 21.4 Å². The number of carboxylic acid groups (broad SMARTS) is 1. The fourth-order valence-electron chi connectivity index (χ4n) is 2.20. The molecular formula is C13H16ClNO5S. The van der Waals surface area contributed by atoms with Crippen molar-refractivity contribution in [3.8, 4) is 5.75 Å². The molecule has 0 aromatic heterocycles. The summed E-state index contributed by atoms with van der Waals surface area (Å²) in [5.41, 5.74) is 0. The Morgan fingerprint density at radius 2 is 2.14 bits per heavy atom. The van der Waals surface area contributed by atoms with Gasteiger partial charge in [0.25, 0.3) is 0 Å². The molecule has 1 N–H and O–H groups in total. The number of sulfonamides is 1. The lowest BCUT2D eigenvalue weighted by molar-refractivity contribution is -0.137. The van der Waals surface area contributed by atoms with Crippen LogP contribution >= 0.6 is 11.6 Å². The van der Waals surface area contributed by atoms with Crippen LogP contribution < -0.4 is 4.74 Å². The number of carboxylic acids is 1. The molecule has 1 aromatic carbocycles. The van der Waals surface area contributed by atoms with Crippen molar-refractivity contribution in [2.45, 2.75) is 30.2 Å². The first kappa shape index (κ1) is 16.1. The van der Waals surface area contributed by atoms with E-state index >= 15 is 0 Å². The Hall–Kier alpha value is -1.31. The van der Waals surface area contributed by atoms with Gasteiger partial charge in [-0.1, -0.05) is 18.0 Å². The third kappa shape index (κ3) is 3.30. The summed E-state index contributed by atoms with van der Waals surface area (Å²) in [7, 11) is -2.60. The van der Waals surface area contributed by atoms with Crippen molar-refractivity contribution < 1.29 is 23.1 Å². The normalized spacial score (nSPS) is 15.8. The molecule has 0 bridgehead atoms. The lowest BCUT2D eigenvalue weighted by atomic mass is 9.93. The molecule has 21 heavy (non-hydrogen) atoms. The van der Waals surface area contributed by atoms with E-state index in [0.717, 1.165) is 10.7 Å². The Morgan fingerprint density at radius 1 is 1.48 bits per heavy atom. The van der Waals surface area contributed by atoms with E-state index in [-0.39, 0.29) is 16.7 Å². The summed E-state index contributed by atoms with van der Waals surface area (Å²) in [5.74, 6) is -1.07. The number of rotatable bonds is 6. The second-order valence-electron chi connectivity index (χ2n) is 4.82. The van der Waals surface area contributed by atoms with E-state index in [2.05, 4.69) is 0 Å². The average molecular weight is 334 g/mol. The molecule has 0 unspecified atom stereocenters. The number of hydrogen-bond donors (Lipinski definition) is 1. The van der Waals surface area contributed by atoms with Gasteiger partial charge in [-0.2, -0.15) is 4.31 Å². The zero-order valence-corrected chi connectivity index (χ0v) is 13.0. The molecule has 6 nitrogen and oxygen atoms in total. The molecular weight excluding hydrogens is 318 g/mol. The van der Waals surface area contributed by atoms with Gasteiger partial charge in [-0.3, -0.25) is 4.79 Å². The molecule has 0 spiro atoms. The number of halogens is 1. The first-order valence-corrected chi connectivity index (χ1v) is 8.25. The van der Waals surface area contributed by atoms with Crippen LogP contribution in [0.2, 0.25) is 5.02 Å². The van der Waals surface area contributed by atoms with Crippen molar-refractivity contribution in [2.75, 3.05) is 13.7 Å². The molecule has 2 rings (SSSR count). The predicted octanol–water partition coefficient (Wildman–Crippen LogP) is 1.98. The highest BCUT2D eigenvalue weighted by molar-refractivity contribution is 7.89. The number of benzene rings is 1. The van der Waals surface area contributed by atoms with Crippen molar-refractivity contribution in [2.24, 2.45) is 0 Å². The minimum Gasteiger partial charge on any atom is -0.495 e. The van der Waals surface area contributed by atoms with E-state index in [9.17, 15) is 13.2 Å². The molecule has 0 heterocycles. The molecule has 1 aliphatic rings. The third-order valence-electron chi connectivity index (χ3n) is 3.49. The Bertz CT molecular complexity index is 642. The maximum absolute atomic E-state index is 12.7. The number of hydrogen-bond acceptors (Lipinski definition) is 4. The predicted molar refractivity (Wildman–Crippen MR) is 77.2 cm³/mol. The largest absolute Gasteiger partial charge is 0.495 e. The summed E-state index contributed by atoms with van der Waals surface area (Å²) < 4.78 is 31.6. The maximum Gasteiger partial charge on any atom is 0.318 e. The summed E-state index contributed by atoms with van der Waals surface area (Å²) in [5, 5.41) is 9.32. The van der Waals surface area contributed by atoms with Gasteiger partial charge in [0, 0.05) is 17.1 Å². The van der Waals surface area contributed by atoms with Crippen molar-refractivity contribution in [1.82, 2.24) is 4.31 Å². The van der Waals surface area contributed by atoms with Gasteiger partial charge in [0.1, 0.15) is 17.2 Å². The fourth-order valence-corrected chi connectivity index (χ4v) is 4.13. The van der Waals surface area contributed by atoms with Crippen LogP contribution in [0.1, 0.15) is 19.3 Å². The number of ether oxygens (including phenoxy) is 1. The molecule has 1 fully saturated rings. The van der Waals surface area contributed by atoms with E-state index in [1.807, 2.05) is 0 Å². The molecule has 0 saturated heterocycles. The number of aliphatic carboxylic acids is 1. The zero-order chi connectivity index (χ0) is 15.6. The molecule has 0 amide bonds. The topological polar surface area (TPSA) is 83.9 Å². The standard InChI is InChI=1S/C13H16ClNO5S/c1-20-11-7-9(14)5-6-12(11)21(18,19)15(8-13(16)17)10-3-2-4-10/h5-7,10H,2-4,8H2,1H3,(H,16,17). The van der Waals surface area contributed by atoms with Crippen LogP contribution in [0.15, 0.2) is 23.1 Å². The zero-order valence-electron chi connectivity index (χ0n) is 11.5. The van der Waals surface area contributed by atoms with E-state index < -0.39 is 22.5 Å². The number of carbonyl (C=O) groups is 1. The van der Waals surface area contributed by atoms with Gasteiger partial charge in [0.15, 0.2) is 0 Å². The highest BCUT2D eigenvalue weighted by atomic mass is 35.5. The van der Waals surface area contributed by atoms with Crippen LogP contribution in [0.3, 0.4) is 0 Å². The second kappa shape index (κ2) is 6.21. The van der Waals surface area contributed by atoms with Gasteiger partial charge in [-0.25, -0.2) is 8.42 Å². The summed E-state index contributed by atoms with van der Waals surface area (Å²) in [6.45, 7) is -0.557. The van der Waals surface area contributed by atoms with Crippen molar-refractivity contribution in [1.29, 1.82) is 0 Å². The van der Waals surface area contributed by atoms with Gasteiger partial charge in [0.05, 0.1) is 7.11 Å². The quantitative estimate of drug-likeness (QED) is 0.860. The second-order valence-corrected chi connectivity index (χ2v) is 7.12. The van der Waals surface area contributed by atoms with Crippen LogP contribution in [0.4, 0.5) is 0 Å². The summed E-state index contributed by atoms with van der Waals surface area (Å²) in [6, 6.07) is 3.90. The molecule has 8 heteroatoms. The first-order valence-electron chi connectivity index (χ1n) is 6.43. The number of nitrogens with zero attached hydrogens (tertiary/aromatic N) is 1. The van der Waals surface area contributed by atoms with Crippen LogP contribution in [0.25, 0.3) is 0 Å². The fraction of sp³-hybridized carbons (Fsp3) is 0.462. The van der Waals surface area contributed by atoms with Gasteiger partial charge in [-0.15, -0.1) is 0 Å². The summed E-state index contributed by atoms with van der Waals surface area (Å²) in [6.07, 6.45) is 2.24. The Kier molecular flexibility index (Phi) is 4.75. The molecule has 0 atom stereocenters. The highest BCUT2D eigenvalue weighted by Gasteiger charge is 2.37. The van der Waals surface area contributed by atoms with Crippen LogP contribution in [-0.2, 0) is 14.8 Å². The molecule has 0 aliphatic heterocycles. The van der Waals surface area contributed by atoms with Crippen molar-refractivity contribution in [3.63, 3.8) is 0 Å². The van der Waals surface area contributed by atoms with Gasteiger partial charge >= 0.3 is 5.97 Å². The third-order valence-corrected chi connectivity index (χ3v) is 5.66. The van der Waals surface area contributed by atoms with Crippen LogP contribution in [0.5, 0.6) is 5.75 Å². The van der Waals surface area contributed by atoms with Crippen molar-refractivity contribution in [3.05, 3.63) is 23.2 Å². The molecule has 0 radical (unpaired) electrons. The first-order chi connectivity index (χ1) is 9.86. The van der Waals surface area contributed by atoms with Gasteiger partial charge < -0.3 is 9.84 Å². The molecule has 1 saturated carbocycles. The number of methoxy groups -OCH3 is 1. The molecule has 1 aromatic rings. The SMILES string of the molecule is COc1cc(Cl)ccc1S(=O)(=O)N(CC(=O)O)C1CCC1. The average Bonchev–Trinajstić information content (AvgIpc) is 2.34. The summed E-state index contributed by atoms with van der Waals surface area (Å²) >= 11 is 5.83. The lowest BCUT2D eigenvalue weighted by Crippen LogP contribution is -2.46. The van der Waals surface area contributed by atoms with E-state index in [1.54, 1.807) is 0 Å². The smallest absolute Gasteiger partial charge is 0.318 e. The Morgan fingerprint density at radius 3 is 2.62 bits per heavy atom. The van der Waals surface area contributed by atoms with Crippen molar-refractivity contribution >= 4 is 27.6 Å². The minimum absolute atomic E-state index is 0.0671. The summed E-state index contributed by atoms with van der Waals surface area (Å²) in [4.78, 5) is 10.9. The Labute approximate surface area is 128 Å². The maximum atomic E-state index is 12.7. The van der Waals surface area contributed by atoms with E-state index in [1.165, 1.54) is 25.3 Å². The Balaban J connectivity index is 2.44. The minimum atomic E-state index is -3.95. The molecule has 1 aliphatic carbocycles.